The van der Waals surface area contributed by atoms with Crippen LogP contribution in [0, 0.1) is 5.82 Å². The number of nitrogen functional groups attached to an aromatic ring is 1. The van der Waals surface area contributed by atoms with Gasteiger partial charge in [0.15, 0.2) is 10.8 Å². The highest BCUT2D eigenvalue weighted by Crippen LogP contribution is 2.32. The van der Waals surface area contributed by atoms with Crippen molar-refractivity contribution in [2.75, 3.05) is 5.73 Å². The van der Waals surface area contributed by atoms with Crippen LogP contribution in [0.15, 0.2) is 27.7 Å². The summed E-state index contributed by atoms with van der Waals surface area (Å²) in [5.41, 5.74) is 5.27. The minimum atomic E-state index is -0.558. The van der Waals surface area contributed by atoms with Crippen LogP contribution >= 0.6 is 27.5 Å². The lowest BCUT2D eigenvalue weighted by molar-refractivity contribution is 0.458. The molecule has 0 bridgehead atoms. The first-order chi connectivity index (χ1) is 8.49. The number of rotatable bonds is 2. The van der Waals surface area contributed by atoms with E-state index in [-0.39, 0.29) is 26.8 Å². The first-order valence-corrected chi connectivity index (χ1v) is 5.81. The molecule has 18 heavy (non-hydrogen) atoms. The van der Waals surface area contributed by atoms with Crippen LogP contribution in [0.2, 0.25) is 5.02 Å². The van der Waals surface area contributed by atoms with Crippen LogP contribution in [0.4, 0.5) is 10.1 Å². The summed E-state index contributed by atoms with van der Waals surface area (Å²) >= 11 is 8.68. The van der Waals surface area contributed by atoms with Gasteiger partial charge in [0.1, 0.15) is 5.82 Å². The molecule has 0 aliphatic rings. The second-order valence-electron chi connectivity index (χ2n) is 3.26. The zero-order valence-corrected chi connectivity index (χ0v) is 11.0. The van der Waals surface area contributed by atoms with Crippen LogP contribution in [0.25, 0.3) is 0 Å². The summed E-state index contributed by atoms with van der Waals surface area (Å²) in [5.74, 6) is -0.676. The Morgan fingerprint density at radius 3 is 2.94 bits per heavy atom. The zero-order chi connectivity index (χ0) is 13.3. The Morgan fingerprint density at radius 1 is 1.50 bits per heavy atom. The van der Waals surface area contributed by atoms with Crippen LogP contribution in [-0.4, -0.2) is 9.97 Å². The summed E-state index contributed by atoms with van der Waals surface area (Å²) < 4.78 is 18.8. The summed E-state index contributed by atoms with van der Waals surface area (Å²) in [4.78, 5) is 17.2. The SMILES string of the molecule is Nc1cc(Br)c(F)cc1Oc1nc[nH]c(=O)c1Cl. The molecule has 2 rings (SSSR count). The lowest BCUT2D eigenvalue weighted by Crippen LogP contribution is -2.08. The number of ether oxygens (including phenoxy) is 1. The van der Waals surface area contributed by atoms with E-state index in [1.54, 1.807) is 0 Å². The Hall–Kier alpha value is -1.60. The van der Waals surface area contributed by atoms with Gasteiger partial charge in [-0.1, -0.05) is 11.6 Å². The Bertz CT molecular complexity index is 662. The van der Waals surface area contributed by atoms with E-state index in [1.807, 2.05) is 0 Å². The maximum atomic E-state index is 13.3. The summed E-state index contributed by atoms with van der Waals surface area (Å²) in [5, 5.41) is -0.236. The molecule has 1 aromatic heterocycles. The summed E-state index contributed by atoms with van der Waals surface area (Å²) in [6.45, 7) is 0. The topological polar surface area (TPSA) is 81.0 Å². The number of benzene rings is 1. The highest BCUT2D eigenvalue weighted by atomic mass is 79.9. The molecule has 3 N–H and O–H groups in total. The van der Waals surface area contributed by atoms with E-state index in [4.69, 9.17) is 22.1 Å². The van der Waals surface area contributed by atoms with E-state index >= 15 is 0 Å². The minimum Gasteiger partial charge on any atom is -0.435 e. The van der Waals surface area contributed by atoms with Crippen LogP contribution in [0.3, 0.4) is 0 Å². The van der Waals surface area contributed by atoms with E-state index in [1.165, 1.54) is 6.07 Å². The average Bonchev–Trinajstić information content (AvgIpc) is 2.32. The fourth-order valence-electron chi connectivity index (χ4n) is 1.17. The van der Waals surface area contributed by atoms with Gasteiger partial charge in [-0.3, -0.25) is 4.79 Å². The number of H-pyrrole nitrogens is 1. The molecule has 94 valence electrons. The third-order valence-corrected chi connectivity index (χ3v) is 2.96. The van der Waals surface area contributed by atoms with Crippen LogP contribution in [0.5, 0.6) is 11.6 Å². The number of hydrogen-bond donors (Lipinski definition) is 2. The van der Waals surface area contributed by atoms with Crippen molar-refractivity contribution in [3.05, 3.63) is 44.1 Å². The Morgan fingerprint density at radius 2 is 2.22 bits per heavy atom. The molecule has 0 saturated carbocycles. The molecule has 2 aromatic rings. The van der Waals surface area contributed by atoms with Crippen molar-refractivity contribution in [2.24, 2.45) is 0 Å². The normalized spacial score (nSPS) is 10.4. The Balaban J connectivity index is 2.43. The van der Waals surface area contributed by atoms with Gasteiger partial charge in [0.05, 0.1) is 16.5 Å². The molecule has 1 heterocycles. The Kier molecular flexibility index (Phi) is 3.53. The largest absolute Gasteiger partial charge is 0.435 e. The number of anilines is 1. The molecule has 0 saturated heterocycles. The number of aromatic amines is 1. The molecular formula is C10H6BrClFN3O2. The number of hydrogen-bond acceptors (Lipinski definition) is 4. The smallest absolute Gasteiger partial charge is 0.273 e. The highest BCUT2D eigenvalue weighted by molar-refractivity contribution is 9.10. The standard InChI is InChI=1S/C10H6BrClFN3O2/c11-4-1-6(14)7(2-5(4)13)18-10-8(12)9(17)15-3-16-10/h1-3H,14H2,(H,15,16,17). The van der Waals surface area contributed by atoms with Gasteiger partial charge >= 0.3 is 0 Å². The summed E-state index contributed by atoms with van der Waals surface area (Å²) in [6, 6.07) is 2.41. The van der Waals surface area contributed by atoms with Gasteiger partial charge in [0.25, 0.3) is 5.56 Å². The average molecular weight is 335 g/mol. The second-order valence-corrected chi connectivity index (χ2v) is 4.49. The van der Waals surface area contributed by atoms with E-state index in [0.717, 1.165) is 12.4 Å². The van der Waals surface area contributed by atoms with Crippen LogP contribution in [-0.2, 0) is 0 Å². The number of nitrogens with two attached hydrogens (primary N) is 1. The first kappa shape index (κ1) is 12.8. The second kappa shape index (κ2) is 4.95. The summed E-state index contributed by atoms with van der Waals surface area (Å²) in [6.07, 6.45) is 1.12. The van der Waals surface area contributed by atoms with Gasteiger partial charge in [-0.05, 0) is 22.0 Å². The van der Waals surface area contributed by atoms with Gasteiger partial charge in [0, 0.05) is 6.07 Å². The van der Waals surface area contributed by atoms with Gasteiger partial charge in [-0.2, -0.15) is 0 Å². The molecule has 0 unspecified atom stereocenters. The van der Waals surface area contributed by atoms with Gasteiger partial charge in [0.2, 0.25) is 5.88 Å². The number of nitrogens with one attached hydrogen (secondary N) is 1. The van der Waals surface area contributed by atoms with Gasteiger partial charge in [-0.15, -0.1) is 0 Å². The van der Waals surface area contributed by atoms with Crippen molar-refractivity contribution in [1.82, 2.24) is 9.97 Å². The first-order valence-electron chi connectivity index (χ1n) is 4.64. The van der Waals surface area contributed by atoms with Crippen molar-refractivity contribution < 1.29 is 9.13 Å². The number of nitrogens with zero attached hydrogens (tertiary/aromatic N) is 1. The third kappa shape index (κ3) is 2.46. The molecule has 0 radical (unpaired) electrons. The third-order valence-electron chi connectivity index (χ3n) is 2.02. The molecule has 0 aliphatic heterocycles. The van der Waals surface area contributed by atoms with E-state index in [9.17, 15) is 9.18 Å². The highest BCUT2D eigenvalue weighted by Gasteiger charge is 2.12. The maximum Gasteiger partial charge on any atom is 0.273 e. The molecule has 5 nitrogen and oxygen atoms in total. The molecule has 0 fully saturated rings. The van der Waals surface area contributed by atoms with Crippen LogP contribution in [0.1, 0.15) is 0 Å². The monoisotopic (exact) mass is 333 g/mol. The van der Waals surface area contributed by atoms with E-state index < -0.39 is 11.4 Å². The molecule has 0 atom stereocenters. The fraction of sp³-hybridized carbons (Fsp3) is 0. The van der Waals surface area contributed by atoms with E-state index in [0.29, 0.717) is 0 Å². The maximum absolute atomic E-state index is 13.3. The van der Waals surface area contributed by atoms with Gasteiger partial charge < -0.3 is 15.5 Å². The molecule has 0 amide bonds. The van der Waals surface area contributed by atoms with Crippen molar-refractivity contribution in [3.8, 4) is 11.6 Å². The van der Waals surface area contributed by atoms with E-state index in [2.05, 4.69) is 25.9 Å². The lowest BCUT2D eigenvalue weighted by atomic mass is 10.3. The predicted octanol–water partition coefficient (Wildman–Crippen LogP) is 2.70. The lowest BCUT2D eigenvalue weighted by Gasteiger charge is -2.08. The van der Waals surface area contributed by atoms with Crippen molar-refractivity contribution >= 4 is 33.2 Å². The molecular weight excluding hydrogens is 328 g/mol. The zero-order valence-electron chi connectivity index (χ0n) is 8.71. The molecule has 1 aromatic carbocycles. The molecule has 0 aliphatic carbocycles. The Labute approximate surface area is 114 Å². The molecule has 8 heteroatoms. The molecule has 0 spiro atoms. The number of halogens is 3. The minimum absolute atomic E-state index is 0.0238. The fourth-order valence-corrected chi connectivity index (χ4v) is 1.68. The van der Waals surface area contributed by atoms with Gasteiger partial charge in [-0.25, -0.2) is 9.37 Å². The summed E-state index contributed by atoms with van der Waals surface area (Å²) in [7, 11) is 0. The van der Waals surface area contributed by atoms with Crippen molar-refractivity contribution in [3.63, 3.8) is 0 Å². The predicted molar refractivity (Wildman–Crippen MR) is 68.5 cm³/mol. The van der Waals surface area contributed by atoms with Crippen molar-refractivity contribution in [1.29, 1.82) is 0 Å². The van der Waals surface area contributed by atoms with Crippen molar-refractivity contribution in [2.45, 2.75) is 0 Å². The quantitative estimate of drug-likeness (QED) is 0.827. The van der Waals surface area contributed by atoms with Crippen LogP contribution < -0.4 is 16.0 Å². The number of aromatic nitrogens is 2.